The van der Waals surface area contributed by atoms with Crippen molar-refractivity contribution in [3.05, 3.63) is 128 Å². The fraction of sp³-hybridized carbons (Fsp3) is 0.222. The lowest BCUT2D eigenvalue weighted by atomic mass is 9.85. The van der Waals surface area contributed by atoms with Gasteiger partial charge in [0, 0.05) is 0 Å². The van der Waals surface area contributed by atoms with E-state index in [9.17, 15) is 0 Å². The molecule has 0 aromatic heterocycles. The highest BCUT2D eigenvalue weighted by atomic mass is 28.3. The van der Waals surface area contributed by atoms with Crippen molar-refractivity contribution in [3.63, 3.8) is 0 Å². The Hall–Kier alpha value is -3.21. The second-order valence-electron chi connectivity index (χ2n) is 12.8. The van der Waals surface area contributed by atoms with Crippen LogP contribution in [0, 0.1) is 13.8 Å². The Bertz CT molecular complexity index is 1620. The quantitative estimate of drug-likeness (QED) is 0.325. The molecule has 0 aliphatic heterocycles. The van der Waals surface area contributed by atoms with Crippen LogP contribution in [0.4, 0.5) is 0 Å². The van der Waals surface area contributed by atoms with Gasteiger partial charge in [0.15, 0.2) is 0 Å². The molecule has 0 unspecified atom stereocenters. The minimum atomic E-state index is -1.40. The van der Waals surface area contributed by atoms with Crippen LogP contribution in [0.5, 0.6) is 0 Å². The maximum atomic E-state index is 2.42. The third-order valence-corrected chi connectivity index (χ3v) is 12.0. The van der Waals surface area contributed by atoms with E-state index >= 15 is 0 Å². The molecule has 4 aromatic rings. The Morgan fingerprint density at radius 3 is 1.08 bits per heavy atom. The zero-order valence-electron chi connectivity index (χ0n) is 24.2. The molecule has 0 radical (unpaired) electrons. The van der Waals surface area contributed by atoms with Gasteiger partial charge in [-0.25, -0.2) is 0 Å². The van der Waals surface area contributed by atoms with Gasteiger partial charge in [0.2, 0.25) is 0 Å². The number of benzene rings is 4. The van der Waals surface area contributed by atoms with Crippen molar-refractivity contribution in [2.45, 2.75) is 53.1 Å². The molecule has 0 atom stereocenters. The van der Waals surface area contributed by atoms with Gasteiger partial charge in [-0.2, -0.15) is 0 Å². The van der Waals surface area contributed by atoms with E-state index in [1.807, 2.05) is 0 Å². The average Bonchev–Trinajstić information content (AvgIpc) is 2.85. The van der Waals surface area contributed by atoms with Crippen LogP contribution in [0.1, 0.15) is 22.3 Å². The molecule has 38 heavy (non-hydrogen) atoms. The molecule has 1 aliphatic rings. The summed E-state index contributed by atoms with van der Waals surface area (Å²) in [5.41, 5.74) is 7.86. The molecule has 0 heterocycles. The Labute approximate surface area is 230 Å². The van der Waals surface area contributed by atoms with Gasteiger partial charge >= 0.3 is 0 Å². The second-order valence-corrected chi connectivity index (χ2v) is 23.0. The lowest BCUT2D eigenvalue weighted by Crippen LogP contribution is -2.39. The van der Waals surface area contributed by atoms with Crippen molar-refractivity contribution in [1.82, 2.24) is 0 Å². The van der Waals surface area contributed by atoms with Crippen molar-refractivity contribution in [2.24, 2.45) is 0 Å². The summed E-state index contributed by atoms with van der Waals surface area (Å²) in [5.74, 6) is 0. The van der Waals surface area contributed by atoms with Crippen LogP contribution >= 0.6 is 0 Å². The number of aryl methyl sites for hydroxylation is 2. The van der Waals surface area contributed by atoms with Gasteiger partial charge in [-0.1, -0.05) is 147 Å². The predicted molar refractivity (Wildman–Crippen MR) is 174 cm³/mol. The topological polar surface area (TPSA) is 0 Å². The molecule has 4 aromatic carbocycles. The molecular formula is C36H40Si2. The summed E-state index contributed by atoms with van der Waals surface area (Å²) in [5, 5.41) is 8.21. The lowest BCUT2D eigenvalue weighted by Gasteiger charge is -2.22. The van der Waals surface area contributed by atoms with Gasteiger partial charge in [0.1, 0.15) is 0 Å². The van der Waals surface area contributed by atoms with Crippen LogP contribution in [-0.4, -0.2) is 16.1 Å². The van der Waals surface area contributed by atoms with E-state index in [-0.39, 0.29) is 0 Å². The number of fused-ring (bicyclic) bond motifs is 2. The second kappa shape index (κ2) is 9.83. The molecule has 0 spiro atoms. The van der Waals surface area contributed by atoms with Crippen molar-refractivity contribution in [2.75, 3.05) is 0 Å². The zero-order chi connectivity index (χ0) is 27.2. The summed E-state index contributed by atoms with van der Waals surface area (Å²) in [7, 11) is -2.80. The van der Waals surface area contributed by atoms with Crippen LogP contribution in [0.25, 0.3) is 23.3 Å². The van der Waals surface area contributed by atoms with Gasteiger partial charge in [-0.15, -0.1) is 0 Å². The number of hydrogen-bond acceptors (Lipinski definition) is 0. The summed E-state index contributed by atoms with van der Waals surface area (Å²) in [4.78, 5) is 0. The molecule has 5 rings (SSSR count). The number of rotatable bonds is 4. The Balaban J connectivity index is 1.98. The standard InChI is InChI=1S/C36H40Si2/c1-25-11-9-13-27-15-16-28-14-10-12-26(2)34(28)36(30-19-23-32(24-20-30)38(6,7)8)35(33(25)27)29-17-21-31(22-18-29)37(3,4)5/h9-24H,1-8H3/b16-15?,27-15-,28-16-,35-33-,36-34-,36-35?. The van der Waals surface area contributed by atoms with Gasteiger partial charge in [-0.05, 0) is 68.1 Å². The van der Waals surface area contributed by atoms with E-state index in [2.05, 4.69) is 150 Å². The maximum Gasteiger partial charge on any atom is 0.0775 e. The van der Waals surface area contributed by atoms with Crippen molar-refractivity contribution in [3.8, 4) is 0 Å². The summed E-state index contributed by atoms with van der Waals surface area (Å²) in [6.07, 6.45) is 4.62. The van der Waals surface area contributed by atoms with E-state index in [4.69, 9.17) is 0 Å². The van der Waals surface area contributed by atoms with E-state index < -0.39 is 16.1 Å². The van der Waals surface area contributed by atoms with Crippen LogP contribution in [0.2, 0.25) is 39.3 Å². The Morgan fingerprint density at radius 2 is 0.763 bits per heavy atom. The molecule has 0 nitrogen and oxygen atoms in total. The summed E-state index contributed by atoms with van der Waals surface area (Å²) in [6, 6.07) is 32.4. The SMILES string of the molecule is Cc1cccc2/c1=C(c1ccc([Si](C)(C)C)cc1)\C(c1ccc([Si](C)(C)C)cc1)=c1\c(C)ccc\c1=C\C=2. The first kappa shape index (κ1) is 26.4. The molecule has 1 aliphatic carbocycles. The first-order valence-electron chi connectivity index (χ1n) is 13.8. The van der Waals surface area contributed by atoms with Gasteiger partial charge < -0.3 is 0 Å². The maximum absolute atomic E-state index is 2.42. The van der Waals surface area contributed by atoms with E-state index in [0.717, 1.165) is 0 Å². The largest absolute Gasteiger partial charge is 0.0775 e. The monoisotopic (exact) mass is 528 g/mol. The van der Waals surface area contributed by atoms with Crippen molar-refractivity contribution in [1.29, 1.82) is 0 Å². The van der Waals surface area contributed by atoms with Crippen LogP contribution in [-0.2, 0) is 0 Å². The average molecular weight is 529 g/mol. The summed E-state index contributed by atoms with van der Waals surface area (Å²) in [6.45, 7) is 19.1. The van der Waals surface area contributed by atoms with Crippen LogP contribution in [0.15, 0.2) is 84.9 Å². The predicted octanol–water partition coefficient (Wildman–Crippen LogP) is 5.07. The third kappa shape index (κ3) is 4.95. The fourth-order valence-corrected chi connectivity index (χ4v) is 7.96. The highest BCUT2D eigenvalue weighted by Gasteiger charge is 2.21. The lowest BCUT2D eigenvalue weighted by molar-refractivity contribution is 1.32. The molecule has 0 amide bonds. The molecule has 2 heteroatoms. The highest BCUT2D eigenvalue weighted by molar-refractivity contribution is 6.89. The normalized spacial score (nSPS) is 18.2. The molecule has 0 bridgehead atoms. The van der Waals surface area contributed by atoms with Gasteiger partial charge in [-0.3, -0.25) is 0 Å². The van der Waals surface area contributed by atoms with Gasteiger partial charge in [0.05, 0.1) is 16.1 Å². The molecule has 192 valence electrons. The van der Waals surface area contributed by atoms with Crippen LogP contribution in [0.3, 0.4) is 0 Å². The first-order valence-corrected chi connectivity index (χ1v) is 20.8. The molecule has 0 saturated heterocycles. The Kier molecular flexibility index (Phi) is 6.83. The first-order chi connectivity index (χ1) is 17.9. The minimum absolute atomic E-state index is 1.28. The zero-order valence-corrected chi connectivity index (χ0v) is 26.2. The Morgan fingerprint density at radius 1 is 0.421 bits per heavy atom. The van der Waals surface area contributed by atoms with E-state index in [1.165, 1.54) is 64.6 Å². The van der Waals surface area contributed by atoms with E-state index in [0.29, 0.717) is 0 Å². The molecule has 0 fully saturated rings. The molecular weight excluding hydrogens is 489 g/mol. The van der Waals surface area contributed by atoms with Crippen molar-refractivity contribution < 1.29 is 0 Å². The number of hydrogen-bond donors (Lipinski definition) is 0. The molecule has 0 saturated carbocycles. The van der Waals surface area contributed by atoms with Crippen molar-refractivity contribution >= 4 is 49.8 Å². The highest BCUT2D eigenvalue weighted by Crippen LogP contribution is 2.27. The van der Waals surface area contributed by atoms with E-state index in [1.54, 1.807) is 0 Å². The minimum Gasteiger partial charge on any atom is -0.0656 e. The smallest absolute Gasteiger partial charge is 0.0656 e. The third-order valence-electron chi connectivity index (χ3n) is 7.88. The summed E-state index contributed by atoms with van der Waals surface area (Å²) < 4.78 is 0. The van der Waals surface area contributed by atoms with Crippen LogP contribution < -0.4 is 31.2 Å². The summed E-state index contributed by atoms with van der Waals surface area (Å²) >= 11 is 0. The van der Waals surface area contributed by atoms with Gasteiger partial charge in [0.25, 0.3) is 0 Å². The fourth-order valence-electron chi connectivity index (χ4n) is 5.62. The molecule has 0 N–H and O–H groups in total.